The maximum atomic E-state index is 13.1. The maximum Gasteiger partial charge on any atom is 0.193 e. The van der Waals surface area contributed by atoms with Crippen molar-refractivity contribution in [2.75, 3.05) is 12.4 Å². The predicted molar refractivity (Wildman–Crippen MR) is 142 cm³/mol. The van der Waals surface area contributed by atoms with Gasteiger partial charge in [-0.2, -0.15) is 0 Å². The van der Waals surface area contributed by atoms with E-state index in [1.54, 1.807) is 19.3 Å². The van der Waals surface area contributed by atoms with Gasteiger partial charge in [-0.25, -0.2) is 0 Å². The summed E-state index contributed by atoms with van der Waals surface area (Å²) in [7, 11) is 1.79. The van der Waals surface area contributed by atoms with E-state index in [0.29, 0.717) is 22.3 Å². The van der Waals surface area contributed by atoms with E-state index in [-0.39, 0.29) is 11.5 Å². The second-order valence-corrected chi connectivity index (χ2v) is 8.39. The molecule has 0 aliphatic carbocycles. The smallest absolute Gasteiger partial charge is 0.193 e. The zero-order valence-electron chi connectivity index (χ0n) is 19.9. The monoisotopic (exact) mass is 465 g/mol. The minimum absolute atomic E-state index is 0.119. The Balaban J connectivity index is 1.79. The molecule has 1 atom stereocenters. The Bertz CT molecular complexity index is 1480. The molecule has 1 unspecified atom stereocenters. The summed E-state index contributed by atoms with van der Waals surface area (Å²) >= 11 is 0. The van der Waals surface area contributed by atoms with Crippen molar-refractivity contribution in [3.8, 4) is 11.3 Å². The van der Waals surface area contributed by atoms with E-state index in [1.165, 1.54) is 12.3 Å². The van der Waals surface area contributed by atoms with Crippen LogP contribution in [0, 0.1) is 12.3 Å². The summed E-state index contributed by atoms with van der Waals surface area (Å²) in [6.07, 6.45) is 3.86. The third-order valence-corrected chi connectivity index (χ3v) is 5.89. The number of anilines is 1. The Morgan fingerprint density at radius 1 is 1.06 bits per heavy atom. The van der Waals surface area contributed by atoms with Gasteiger partial charge in [0.25, 0.3) is 0 Å². The van der Waals surface area contributed by atoms with Crippen molar-refractivity contribution in [2.24, 2.45) is 0 Å². The van der Waals surface area contributed by atoms with Crippen molar-refractivity contribution in [3.05, 3.63) is 105 Å². The number of hydrogen-bond acceptors (Lipinski definition) is 6. The molecule has 0 saturated heterocycles. The van der Waals surface area contributed by atoms with Gasteiger partial charge >= 0.3 is 0 Å². The molecule has 4 aromatic rings. The highest BCUT2D eigenvalue weighted by atomic mass is 16.3. The molecule has 1 heterocycles. The van der Waals surface area contributed by atoms with Crippen molar-refractivity contribution in [2.45, 2.75) is 19.9 Å². The maximum absolute atomic E-state index is 13.1. The molecule has 0 radical (unpaired) electrons. The number of aldehydes is 1. The van der Waals surface area contributed by atoms with E-state index in [2.05, 4.69) is 10.6 Å². The third kappa shape index (κ3) is 4.92. The molecule has 6 nitrogen and oxygen atoms in total. The van der Waals surface area contributed by atoms with Crippen molar-refractivity contribution in [3.63, 3.8) is 0 Å². The predicted octanol–water partition coefficient (Wildman–Crippen LogP) is 5.96. The van der Waals surface area contributed by atoms with Gasteiger partial charge in [0.1, 0.15) is 11.3 Å². The van der Waals surface area contributed by atoms with E-state index >= 15 is 0 Å². The first kappa shape index (κ1) is 23.7. The number of carbonyl (C=O) groups excluding carboxylic acids is 1. The molecule has 0 saturated carbocycles. The molecule has 1 aromatic heterocycles. The molecule has 3 N–H and O–H groups in total. The lowest BCUT2D eigenvalue weighted by Crippen LogP contribution is -2.11. The summed E-state index contributed by atoms with van der Waals surface area (Å²) in [6, 6.07) is 20.0. The van der Waals surface area contributed by atoms with Crippen LogP contribution < -0.4 is 16.1 Å². The number of fused-ring (bicyclic) bond motifs is 1. The summed E-state index contributed by atoms with van der Waals surface area (Å²) in [6.45, 7) is 3.92. The first-order valence-electron chi connectivity index (χ1n) is 11.3. The zero-order valence-corrected chi connectivity index (χ0v) is 19.9. The second-order valence-electron chi connectivity index (χ2n) is 8.39. The quantitative estimate of drug-likeness (QED) is 0.220. The van der Waals surface area contributed by atoms with Crippen LogP contribution >= 0.6 is 0 Å². The number of para-hydroxylation sites is 1. The van der Waals surface area contributed by atoms with Crippen LogP contribution in [0.25, 0.3) is 27.9 Å². The first-order valence-corrected chi connectivity index (χ1v) is 11.3. The molecular formula is C29H27N3O3. The molecule has 4 rings (SSSR count). The van der Waals surface area contributed by atoms with Crippen molar-refractivity contribution in [1.29, 1.82) is 5.41 Å². The Labute approximate surface area is 203 Å². The normalized spacial score (nSPS) is 12.3. The average molecular weight is 466 g/mol. The number of rotatable bonds is 8. The average Bonchev–Trinajstić information content (AvgIpc) is 2.87. The van der Waals surface area contributed by atoms with E-state index in [0.717, 1.165) is 39.8 Å². The SMILES string of the molecule is CN/C=C(\C=N)c1ccc(-c2cc(=O)c3cc(C)cc(C(C)Nc4ccccc4C=O)c3o2)cc1. The van der Waals surface area contributed by atoms with Crippen LogP contribution in [0.3, 0.4) is 0 Å². The molecular weight excluding hydrogens is 438 g/mol. The van der Waals surface area contributed by atoms with Crippen LogP contribution in [-0.4, -0.2) is 19.5 Å². The molecule has 0 fully saturated rings. The fraction of sp³-hybridized carbons (Fsp3) is 0.138. The van der Waals surface area contributed by atoms with Crippen LogP contribution in [-0.2, 0) is 0 Å². The summed E-state index contributed by atoms with van der Waals surface area (Å²) in [5.41, 5.74) is 5.85. The lowest BCUT2D eigenvalue weighted by Gasteiger charge is -2.19. The van der Waals surface area contributed by atoms with Crippen LogP contribution in [0.5, 0.6) is 0 Å². The van der Waals surface area contributed by atoms with Gasteiger partial charge in [-0.1, -0.05) is 42.5 Å². The molecule has 0 bridgehead atoms. The summed E-state index contributed by atoms with van der Waals surface area (Å²) in [4.78, 5) is 24.6. The number of benzene rings is 3. The first-order chi connectivity index (χ1) is 16.9. The number of nitrogens with one attached hydrogen (secondary N) is 3. The fourth-order valence-corrected chi connectivity index (χ4v) is 4.13. The largest absolute Gasteiger partial charge is 0.455 e. The van der Waals surface area contributed by atoms with Gasteiger partial charge in [-0.15, -0.1) is 0 Å². The lowest BCUT2D eigenvalue weighted by atomic mass is 10.00. The highest BCUT2D eigenvalue weighted by molar-refractivity contribution is 6.08. The molecule has 0 amide bonds. The minimum atomic E-state index is -0.221. The van der Waals surface area contributed by atoms with Crippen molar-refractivity contribution >= 4 is 34.7 Å². The molecule has 176 valence electrons. The molecule has 35 heavy (non-hydrogen) atoms. The van der Waals surface area contributed by atoms with E-state index in [9.17, 15) is 9.59 Å². The van der Waals surface area contributed by atoms with Gasteiger partial charge in [0.05, 0.1) is 11.4 Å². The number of carbonyl (C=O) groups is 1. The highest BCUT2D eigenvalue weighted by Gasteiger charge is 2.17. The van der Waals surface area contributed by atoms with Crippen molar-refractivity contribution in [1.82, 2.24) is 5.32 Å². The topological polar surface area (TPSA) is 95.2 Å². The van der Waals surface area contributed by atoms with Gasteiger partial charge in [0.15, 0.2) is 11.7 Å². The molecule has 6 heteroatoms. The second kappa shape index (κ2) is 10.2. The fourth-order valence-electron chi connectivity index (χ4n) is 4.13. The Hall–Kier alpha value is -4.45. The molecule has 3 aromatic carbocycles. The third-order valence-electron chi connectivity index (χ3n) is 5.89. The number of hydrogen-bond donors (Lipinski definition) is 3. The molecule has 0 aliphatic rings. The van der Waals surface area contributed by atoms with E-state index < -0.39 is 0 Å². The van der Waals surface area contributed by atoms with Gasteiger partial charge < -0.3 is 20.5 Å². The Morgan fingerprint density at radius 3 is 2.49 bits per heavy atom. The van der Waals surface area contributed by atoms with Crippen LogP contribution in [0.2, 0.25) is 0 Å². The van der Waals surface area contributed by atoms with Gasteiger partial charge in [0.2, 0.25) is 0 Å². The Kier molecular flexibility index (Phi) is 6.92. The molecule has 0 aliphatic heterocycles. The lowest BCUT2D eigenvalue weighted by molar-refractivity contribution is 0.112. The van der Waals surface area contributed by atoms with Gasteiger partial charge in [-0.3, -0.25) is 9.59 Å². The summed E-state index contributed by atoms with van der Waals surface area (Å²) in [5.74, 6) is 0.466. The summed E-state index contributed by atoms with van der Waals surface area (Å²) < 4.78 is 6.32. The number of aryl methyl sites for hydroxylation is 1. The van der Waals surface area contributed by atoms with Gasteiger partial charge in [0, 0.05) is 53.5 Å². The minimum Gasteiger partial charge on any atom is -0.455 e. The van der Waals surface area contributed by atoms with E-state index in [1.807, 2.05) is 68.4 Å². The van der Waals surface area contributed by atoms with Crippen LogP contribution in [0.4, 0.5) is 5.69 Å². The van der Waals surface area contributed by atoms with E-state index in [4.69, 9.17) is 9.83 Å². The van der Waals surface area contributed by atoms with Crippen LogP contribution in [0.1, 0.15) is 40.0 Å². The Morgan fingerprint density at radius 2 is 1.80 bits per heavy atom. The molecule has 0 spiro atoms. The zero-order chi connectivity index (χ0) is 24.9. The van der Waals surface area contributed by atoms with Gasteiger partial charge in [-0.05, 0) is 43.2 Å². The number of allylic oxidation sites excluding steroid dienone is 1. The van der Waals surface area contributed by atoms with Crippen molar-refractivity contribution < 1.29 is 9.21 Å². The van der Waals surface area contributed by atoms with Crippen LogP contribution in [0.15, 0.2) is 82.1 Å². The summed E-state index contributed by atoms with van der Waals surface area (Å²) in [5, 5.41) is 14.4. The highest BCUT2D eigenvalue weighted by Crippen LogP contribution is 2.31. The standard InChI is InChI=1S/C29H27N3O3/c1-18-12-24(19(2)32-26-7-5-4-6-22(26)17-33)29-25(13-18)27(34)14-28(35-29)21-10-8-20(9-11-21)23(15-30)16-31-3/h4-17,19,30-32H,1-3H3/b23-16+,30-15?.